The second kappa shape index (κ2) is 12.5. The maximum Gasteiger partial charge on any atom is 0.306 e. The Morgan fingerprint density at radius 3 is 2.40 bits per heavy atom. The Balaban J connectivity index is 1.33. The molecule has 4 aliphatic rings. The summed E-state index contributed by atoms with van der Waals surface area (Å²) < 4.78 is 13.5. The van der Waals surface area contributed by atoms with Crippen molar-refractivity contribution >= 4 is 35.4 Å². The molecule has 0 saturated heterocycles. The average molecular weight is 665 g/mol. The monoisotopic (exact) mass is 664 g/mol. The number of nitrogens with zero attached hydrogens (tertiary/aromatic N) is 2. The van der Waals surface area contributed by atoms with Crippen LogP contribution in [-0.4, -0.2) is 56.3 Å². The Labute approximate surface area is 283 Å². The van der Waals surface area contributed by atoms with Gasteiger partial charge in [-0.1, -0.05) is 71.4 Å². The van der Waals surface area contributed by atoms with E-state index in [4.69, 9.17) is 26.2 Å². The summed E-state index contributed by atoms with van der Waals surface area (Å²) in [6.45, 7) is 11.9. The minimum absolute atomic E-state index is 0.0857. The number of ketones is 1. The SMILES string of the molecule is CCC(=O)OCC(=O)[C@@]1(OC(=O)CC)[C@H](C)C[C@H]2[C@H]3[C@H]([C@@H](O)C[C@@]21C)[C@@]1(C)Cc2cn(Cc4ccc(CC)cc4)nc2C=C1C[C@H]3Cl. The summed E-state index contributed by atoms with van der Waals surface area (Å²) in [5.74, 6) is -2.08. The molecule has 0 spiro atoms. The minimum atomic E-state index is -1.53. The van der Waals surface area contributed by atoms with Gasteiger partial charge in [0.1, 0.15) is 0 Å². The number of aliphatic hydroxyl groups excluding tert-OH is 1. The number of hydrogen-bond acceptors (Lipinski definition) is 7. The fraction of sp³-hybridized carbons (Fsp3) is 0.632. The molecule has 1 aromatic heterocycles. The van der Waals surface area contributed by atoms with E-state index in [2.05, 4.69) is 50.4 Å². The summed E-state index contributed by atoms with van der Waals surface area (Å²) in [5.41, 5.74) is 3.07. The van der Waals surface area contributed by atoms with E-state index in [9.17, 15) is 19.5 Å². The molecule has 3 saturated carbocycles. The molecule has 9 heteroatoms. The normalized spacial score (nSPS) is 35.5. The van der Waals surface area contributed by atoms with Gasteiger partial charge in [-0.25, -0.2) is 0 Å². The fourth-order valence-corrected chi connectivity index (χ4v) is 10.6. The van der Waals surface area contributed by atoms with Crippen LogP contribution in [0.2, 0.25) is 0 Å². The number of benzene rings is 1. The molecular weight excluding hydrogens is 616 g/mol. The number of halogens is 1. The molecule has 6 rings (SSSR count). The van der Waals surface area contributed by atoms with Gasteiger partial charge in [0.2, 0.25) is 5.78 Å². The summed E-state index contributed by atoms with van der Waals surface area (Å²) in [6.07, 6.45) is 7.09. The van der Waals surface area contributed by atoms with Gasteiger partial charge in [-0.2, -0.15) is 5.10 Å². The lowest BCUT2D eigenvalue weighted by Gasteiger charge is -2.61. The van der Waals surface area contributed by atoms with Crippen molar-refractivity contribution in [2.75, 3.05) is 6.61 Å². The number of allylic oxidation sites excluding steroid dienone is 1. The minimum Gasteiger partial charge on any atom is -0.457 e. The molecular formula is C38H49ClN2O6. The molecule has 254 valence electrons. The lowest BCUT2D eigenvalue weighted by atomic mass is 9.45. The molecule has 1 N–H and O–H groups in total. The van der Waals surface area contributed by atoms with Crippen LogP contribution in [0.3, 0.4) is 0 Å². The van der Waals surface area contributed by atoms with E-state index in [1.165, 1.54) is 16.7 Å². The molecule has 47 heavy (non-hydrogen) atoms. The Morgan fingerprint density at radius 1 is 1.06 bits per heavy atom. The van der Waals surface area contributed by atoms with Crippen LogP contribution in [0, 0.1) is 34.5 Å². The Kier molecular flexibility index (Phi) is 9.01. The molecule has 0 bridgehead atoms. The van der Waals surface area contributed by atoms with Crippen molar-refractivity contribution in [3.05, 3.63) is 58.4 Å². The first-order chi connectivity index (χ1) is 22.3. The number of carbonyl (C=O) groups is 3. The number of Topliss-reactive ketones (excluding diaryl/α,β-unsaturated/α-hetero) is 1. The topological polar surface area (TPSA) is 108 Å². The number of rotatable bonds is 9. The number of esters is 2. The zero-order valence-electron chi connectivity index (χ0n) is 28.6. The molecule has 4 aliphatic carbocycles. The highest BCUT2D eigenvalue weighted by Gasteiger charge is 2.74. The first-order valence-electron chi connectivity index (χ1n) is 17.4. The molecule has 0 radical (unpaired) electrons. The predicted octanol–water partition coefficient (Wildman–Crippen LogP) is 6.32. The fourth-order valence-electron chi connectivity index (χ4n) is 10.1. The van der Waals surface area contributed by atoms with E-state index >= 15 is 0 Å². The lowest BCUT2D eigenvalue weighted by molar-refractivity contribution is -0.207. The molecule has 1 aromatic carbocycles. The van der Waals surface area contributed by atoms with Gasteiger partial charge in [0.05, 0.1) is 18.3 Å². The third-order valence-electron chi connectivity index (χ3n) is 12.3. The van der Waals surface area contributed by atoms with Crippen LogP contribution in [-0.2, 0) is 43.2 Å². The summed E-state index contributed by atoms with van der Waals surface area (Å²) >= 11 is 7.37. The van der Waals surface area contributed by atoms with E-state index < -0.39 is 41.4 Å². The van der Waals surface area contributed by atoms with Crippen molar-refractivity contribution in [2.45, 2.75) is 110 Å². The number of aryl methyl sites for hydroxylation is 1. The van der Waals surface area contributed by atoms with E-state index in [0.717, 1.165) is 24.1 Å². The number of alkyl halides is 1. The average Bonchev–Trinajstić information content (AvgIpc) is 3.52. The highest BCUT2D eigenvalue weighted by Crippen LogP contribution is 2.70. The van der Waals surface area contributed by atoms with Crippen LogP contribution >= 0.6 is 11.6 Å². The van der Waals surface area contributed by atoms with Crippen molar-refractivity contribution in [2.24, 2.45) is 34.5 Å². The van der Waals surface area contributed by atoms with Crippen LogP contribution in [0.15, 0.2) is 36.0 Å². The van der Waals surface area contributed by atoms with Crippen molar-refractivity contribution in [3.8, 4) is 0 Å². The molecule has 0 amide bonds. The zero-order chi connectivity index (χ0) is 33.9. The number of aliphatic hydroxyl groups is 1. The van der Waals surface area contributed by atoms with Gasteiger partial charge in [-0.05, 0) is 78.0 Å². The van der Waals surface area contributed by atoms with Crippen molar-refractivity contribution < 1.29 is 29.0 Å². The van der Waals surface area contributed by atoms with Gasteiger partial charge >= 0.3 is 11.9 Å². The second-order valence-corrected chi connectivity index (χ2v) is 15.5. The second-order valence-electron chi connectivity index (χ2n) is 14.9. The first kappa shape index (κ1) is 33.9. The largest absolute Gasteiger partial charge is 0.457 e. The summed E-state index contributed by atoms with van der Waals surface area (Å²) in [5, 5.41) is 16.9. The summed E-state index contributed by atoms with van der Waals surface area (Å²) in [4.78, 5) is 39.2. The molecule has 9 atom stereocenters. The van der Waals surface area contributed by atoms with Gasteiger partial charge in [-0.15, -0.1) is 11.6 Å². The van der Waals surface area contributed by atoms with E-state index in [0.29, 0.717) is 19.4 Å². The molecule has 8 nitrogen and oxygen atoms in total. The quantitative estimate of drug-likeness (QED) is 0.247. The van der Waals surface area contributed by atoms with Crippen LogP contribution in [0.5, 0.6) is 0 Å². The van der Waals surface area contributed by atoms with Crippen LogP contribution in [0.25, 0.3) is 6.08 Å². The smallest absolute Gasteiger partial charge is 0.306 e. The number of carbonyl (C=O) groups excluding carboxylic acids is 3. The van der Waals surface area contributed by atoms with Gasteiger partial charge in [0.15, 0.2) is 12.2 Å². The number of fused-ring (bicyclic) bond motifs is 6. The van der Waals surface area contributed by atoms with E-state index in [-0.39, 0.29) is 53.7 Å². The molecule has 0 unspecified atom stereocenters. The van der Waals surface area contributed by atoms with Crippen LogP contribution < -0.4 is 0 Å². The molecule has 3 fully saturated rings. The molecule has 2 aromatic rings. The van der Waals surface area contributed by atoms with Gasteiger partial charge < -0.3 is 14.6 Å². The van der Waals surface area contributed by atoms with E-state index in [1.54, 1.807) is 13.8 Å². The van der Waals surface area contributed by atoms with Crippen molar-refractivity contribution in [1.29, 1.82) is 0 Å². The maximum absolute atomic E-state index is 14.2. The number of aromatic nitrogens is 2. The maximum atomic E-state index is 14.2. The van der Waals surface area contributed by atoms with Gasteiger partial charge in [-0.3, -0.25) is 19.1 Å². The van der Waals surface area contributed by atoms with Crippen LogP contribution in [0.4, 0.5) is 0 Å². The lowest BCUT2D eigenvalue weighted by Crippen LogP contribution is -2.66. The Hall–Kier alpha value is -2.97. The third-order valence-corrected chi connectivity index (χ3v) is 12.8. The standard InChI is InChI=1S/C38H49ClN2O6/c1-7-23-10-12-24(13-11-23)19-41-20-25-17-36(5)26(16-29(25)40-41)15-28(39)34-27-14-22(4)38(47-33(45)9-3,31(43)21-46-32(44)8-2)37(27,6)18-30(42)35(34)36/h10-13,16,20,22,27-28,30,34-35,42H,7-9,14-15,17-19,21H2,1-6H3/t22-,27+,28-,30+,34-,35+,36+,37+,38+/m1/s1. The van der Waals surface area contributed by atoms with Crippen molar-refractivity contribution in [3.63, 3.8) is 0 Å². The summed E-state index contributed by atoms with van der Waals surface area (Å²) in [7, 11) is 0. The summed E-state index contributed by atoms with van der Waals surface area (Å²) in [6, 6.07) is 8.66. The van der Waals surface area contributed by atoms with Crippen LogP contribution in [0.1, 0.15) is 96.0 Å². The highest BCUT2D eigenvalue weighted by molar-refractivity contribution is 6.21. The predicted molar refractivity (Wildman–Crippen MR) is 180 cm³/mol. The number of hydrogen-bond donors (Lipinski definition) is 1. The number of ether oxygens (including phenoxy) is 2. The third kappa shape index (κ3) is 5.38. The van der Waals surface area contributed by atoms with E-state index in [1.807, 2.05) is 18.5 Å². The highest BCUT2D eigenvalue weighted by atomic mass is 35.5. The zero-order valence-corrected chi connectivity index (χ0v) is 29.3. The first-order valence-corrected chi connectivity index (χ1v) is 17.8. The Bertz CT molecular complexity index is 1580. The Morgan fingerprint density at radius 2 is 1.74 bits per heavy atom. The van der Waals surface area contributed by atoms with Gasteiger partial charge in [0.25, 0.3) is 0 Å². The van der Waals surface area contributed by atoms with Crippen molar-refractivity contribution in [1.82, 2.24) is 9.78 Å². The van der Waals surface area contributed by atoms with Gasteiger partial charge in [0, 0.05) is 35.7 Å². The molecule has 0 aliphatic heterocycles. The molecule has 1 heterocycles.